The number of thiophene rings is 1. The van der Waals surface area contributed by atoms with E-state index in [-0.39, 0.29) is 0 Å². The van der Waals surface area contributed by atoms with Crippen LogP contribution >= 0.6 is 11.3 Å². The van der Waals surface area contributed by atoms with E-state index in [1.54, 1.807) is 18.4 Å². The molecule has 0 aliphatic heterocycles. The number of rotatable bonds is 5. The topological polar surface area (TPSA) is 34.1 Å². The molecule has 0 aliphatic carbocycles. The zero-order valence-corrected chi connectivity index (χ0v) is 16.1. The van der Waals surface area contributed by atoms with Crippen molar-refractivity contribution in [3.63, 3.8) is 0 Å². The molecule has 0 bridgehead atoms. The van der Waals surface area contributed by atoms with Gasteiger partial charge in [-0.15, -0.1) is 11.3 Å². The number of benzene rings is 2. The first kappa shape index (κ1) is 17.0. The molecule has 132 valence electrons. The second-order valence-electron chi connectivity index (χ2n) is 6.57. The molecule has 0 fully saturated rings. The Kier molecular flexibility index (Phi) is 4.62. The number of nitrogens with zero attached hydrogens (tertiary/aromatic N) is 1. The van der Waals surface area contributed by atoms with Crippen molar-refractivity contribution in [2.45, 2.75) is 12.8 Å². The maximum atomic E-state index is 5.72. The van der Waals surface area contributed by atoms with Gasteiger partial charge in [0.2, 0.25) is 0 Å². The summed E-state index contributed by atoms with van der Waals surface area (Å²) < 4.78 is 6.92. The van der Waals surface area contributed by atoms with Crippen molar-refractivity contribution in [3.05, 3.63) is 59.6 Å². The molecular formula is C22H22N2OS. The Hall–Kier alpha value is -2.43. The van der Waals surface area contributed by atoms with Crippen LogP contribution in [0.4, 0.5) is 0 Å². The first-order valence-corrected chi connectivity index (χ1v) is 9.68. The van der Waals surface area contributed by atoms with Gasteiger partial charge in [-0.2, -0.15) is 0 Å². The molecule has 1 N–H and O–H groups in total. The average Bonchev–Trinajstić information content (AvgIpc) is 3.16. The summed E-state index contributed by atoms with van der Waals surface area (Å²) in [4.78, 5) is 4.66. The molecule has 0 amide bonds. The van der Waals surface area contributed by atoms with Gasteiger partial charge in [0.25, 0.3) is 0 Å². The smallest absolute Gasteiger partial charge is 0.127 e. The second kappa shape index (κ2) is 7.06. The van der Waals surface area contributed by atoms with Crippen molar-refractivity contribution in [1.82, 2.24) is 10.3 Å². The average molecular weight is 362 g/mol. The van der Waals surface area contributed by atoms with Crippen LogP contribution in [0.1, 0.15) is 18.4 Å². The summed E-state index contributed by atoms with van der Waals surface area (Å²) in [5.74, 6) is 1.36. The molecule has 26 heavy (non-hydrogen) atoms. The Labute approximate surface area is 157 Å². The highest BCUT2D eigenvalue weighted by Gasteiger charge is 2.15. The fourth-order valence-electron chi connectivity index (χ4n) is 3.57. The normalized spacial score (nSPS) is 12.6. The lowest BCUT2D eigenvalue weighted by Gasteiger charge is -2.15. The minimum absolute atomic E-state index is 0.480. The van der Waals surface area contributed by atoms with Crippen LogP contribution in [0.2, 0.25) is 0 Å². The Bertz CT molecular complexity index is 1050. The number of fused-ring (bicyclic) bond motifs is 3. The number of hydrogen-bond acceptors (Lipinski definition) is 4. The van der Waals surface area contributed by atoms with Crippen LogP contribution in [0.15, 0.2) is 54.0 Å². The molecule has 0 saturated heterocycles. The molecule has 2 heterocycles. The molecule has 0 aliphatic rings. The van der Waals surface area contributed by atoms with E-state index >= 15 is 0 Å². The standard InChI is InChI=1S/C22H22N2OS/c1-14(12-23-2)15-4-6-16(7-5-15)21-19(25-3)9-8-18-22(21)17-10-11-26-20(17)13-24-18/h4-11,13-14,23H,12H2,1-3H3/t14-/m1/s1. The molecule has 0 spiro atoms. The van der Waals surface area contributed by atoms with E-state index in [0.717, 1.165) is 28.9 Å². The van der Waals surface area contributed by atoms with Crippen molar-refractivity contribution in [1.29, 1.82) is 0 Å². The summed E-state index contributed by atoms with van der Waals surface area (Å²) in [7, 11) is 3.72. The van der Waals surface area contributed by atoms with Gasteiger partial charge in [0.05, 0.1) is 17.3 Å². The molecule has 2 aromatic carbocycles. The van der Waals surface area contributed by atoms with Gasteiger partial charge in [-0.3, -0.25) is 4.98 Å². The maximum absolute atomic E-state index is 5.72. The summed E-state index contributed by atoms with van der Waals surface area (Å²) in [5.41, 5.74) is 4.61. The molecule has 1 atom stereocenters. The third-order valence-corrected chi connectivity index (χ3v) is 5.78. The third-order valence-electron chi connectivity index (χ3n) is 4.93. The van der Waals surface area contributed by atoms with E-state index in [1.807, 2.05) is 25.4 Å². The number of hydrogen-bond donors (Lipinski definition) is 1. The van der Waals surface area contributed by atoms with Crippen LogP contribution in [0.3, 0.4) is 0 Å². The largest absolute Gasteiger partial charge is 0.496 e. The summed E-state index contributed by atoms with van der Waals surface area (Å²) in [6.45, 7) is 3.21. The van der Waals surface area contributed by atoms with E-state index in [9.17, 15) is 0 Å². The number of ether oxygens (including phenoxy) is 1. The van der Waals surface area contributed by atoms with Crippen LogP contribution < -0.4 is 10.1 Å². The highest BCUT2D eigenvalue weighted by Crippen LogP contribution is 2.41. The number of aromatic nitrogens is 1. The lowest BCUT2D eigenvalue weighted by atomic mass is 9.94. The molecule has 0 saturated carbocycles. The lowest BCUT2D eigenvalue weighted by Crippen LogP contribution is -2.14. The Balaban J connectivity index is 1.93. The predicted molar refractivity (Wildman–Crippen MR) is 111 cm³/mol. The van der Waals surface area contributed by atoms with E-state index in [2.05, 4.69) is 52.9 Å². The van der Waals surface area contributed by atoms with Crippen molar-refractivity contribution in [3.8, 4) is 16.9 Å². The monoisotopic (exact) mass is 362 g/mol. The SMILES string of the molecule is CNC[C@@H](C)c1ccc(-c2c(OC)ccc3ncc4sccc4c23)cc1. The van der Waals surface area contributed by atoms with Gasteiger partial charge < -0.3 is 10.1 Å². The Morgan fingerprint density at radius 2 is 1.92 bits per heavy atom. The van der Waals surface area contributed by atoms with Gasteiger partial charge >= 0.3 is 0 Å². The van der Waals surface area contributed by atoms with E-state index in [4.69, 9.17) is 4.74 Å². The predicted octanol–water partition coefficient (Wildman–Crippen LogP) is 5.45. The number of nitrogens with one attached hydrogen (secondary N) is 1. The minimum atomic E-state index is 0.480. The fourth-order valence-corrected chi connectivity index (χ4v) is 4.33. The van der Waals surface area contributed by atoms with Crippen LogP contribution in [-0.4, -0.2) is 25.7 Å². The highest BCUT2D eigenvalue weighted by molar-refractivity contribution is 7.17. The van der Waals surface area contributed by atoms with Crippen molar-refractivity contribution < 1.29 is 4.74 Å². The summed E-state index contributed by atoms with van der Waals surface area (Å²) in [5, 5.41) is 7.77. The summed E-state index contributed by atoms with van der Waals surface area (Å²) in [6, 6.07) is 15.1. The maximum Gasteiger partial charge on any atom is 0.127 e. The molecule has 2 aromatic heterocycles. The Morgan fingerprint density at radius 1 is 1.12 bits per heavy atom. The van der Waals surface area contributed by atoms with Crippen LogP contribution in [0.25, 0.3) is 32.1 Å². The minimum Gasteiger partial charge on any atom is -0.496 e. The van der Waals surface area contributed by atoms with E-state index < -0.39 is 0 Å². The summed E-state index contributed by atoms with van der Waals surface area (Å²) >= 11 is 1.72. The highest BCUT2D eigenvalue weighted by atomic mass is 32.1. The van der Waals surface area contributed by atoms with Gasteiger partial charge in [-0.1, -0.05) is 31.2 Å². The molecule has 4 aromatic rings. The van der Waals surface area contributed by atoms with Crippen molar-refractivity contribution >= 4 is 32.3 Å². The van der Waals surface area contributed by atoms with Gasteiger partial charge in [-0.05, 0) is 47.7 Å². The number of pyridine rings is 1. The summed E-state index contributed by atoms with van der Waals surface area (Å²) in [6.07, 6.45) is 1.96. The zero-order chi connectivity index (χ0) is 18.1. The molecule has 4 heteroatoms. The second-order valence-corrected chi connectivity index (χ2v) is 7.52. The van der Waals surface area contributed by atoms with Gasteiger partial charge in [0.1, 0.15) is 5.75 Å². The van der Waals surface area contributed by atoms with Gasteiger partial charge in [-0.25, -0.2) is 0 Å². The lowest BCUT2D eigenvalue weighted by molar-refractivity contribution is 0.417. The van der Waals surface area contributed by atoms with E-state index in [1.165, 1.54) is 21.0 Å². The van der Waals surface area contributed by atoms with Gasteiger partial charge in [0.15, 0.2) is 0 Å². The quantitative estimate of drug-likeness (QED) is 0.513. The van der Waals surface area contributed by atoms with Gasteiger partial charge in [0, 0.05) is 29.1 Å². The first-order chi connectivity index (χ1) is 12.7. The molecule has 3 nitrogen and oxygen atoms in total. The zero-order valence-electron chi connectivity index (χ0n) is 15.2. The van der Waals surface area contributed by atoms with Crippen LogP contribution in [0.5, 0.6) is 5.75 Å². The third kappa shape index (κ3) is 2.85. The van der Waals surface area contributed by atoms with E-state index in [0.29, 0.717) is 5.92 Å². The number of likely N-dealkylation sites (N-methyl/N-ethyl adjacent to an activating group) is 1. The first-order valence-electron chi connectivity index (χ1n) is 8.80. The fraction of sp³-hybridized carbons (Fsp3) is 0.227. The van der Waals surface area contributed by atoms with Crippen molar-refractivity contribution in [2.75, 3.05) is 20.7 Å². The molecule has 0 unspecified atom stereocenters. The molecule has 4 rings (SSSR count). The Morgan fingerprint density at radius 3 is 2.65 bits per heavy atom. The molecular weight excluding hydrogens is 340 g/mol. The van der Waals surface area contributed by atoms with Crippen molar-refractivity contribution in [2.24, 2.45) is 0 Å². The van der Waals surface area contributed by atoms with Crippen LogP contribution in [0, 0.1) is 0 Å². The number of methoxy groups -OCH3 is 1. The molecule has 0 radical (unpaired) electrons. The van der Waals surface area contributed by atoms with Crippen LogP contribution in [-0.2, 0) is 0 Å².